The summed E-state index contributed by atoms with van der Waals surface area (Å²) < 4.78 is 30.7. The highest BCUT2D eigenvalue weighted by molar-refractivity contribution is 7.90. The van der Waals surface area contributed by atoms with Crippen molar-refractivity contribution in [3.8, 4) is 5.75 Å². The number of aryl methyl sites for hydroxylation is 3. The third-order valence-corrected chi connectivity index (χ3v) is 6.80. The highest BCUT2D eigenvalue weighted by Crippen LogP contribution is 2.28. The van der Waals surface area contributed by atoms with E-state index in [4.69, 9.17) is 0 Å². The fourth-order valence-corrected chi connectivity index (χ4v) is 5.38. The first-order valence-electron chi connectivity index (χ1n) is 10.0. The quantitative estimate of drug-likeness (QED) is 0.567. The average Bonchev–Trinajstić information content (AvgIpc) is 2.72. The summed E-state index contributed by atoms with van der Waals surface area (Å²) in [6, 6.07) is 16.6. The van der Waals surface area contributed by atoms with Gasteiger partial charge in [-0.05, 0) is 62.2 Å². The molecule has 6 nitrogen and oxygen atoms in total. The van der Waals surface area contributed by atoms with E-state index in [0.717, 1.165) is 5.56 Å². The number of benzene rings is 3. The van der Waals surface area contributed by atoms with Gasteiger partial charge >= 0.3 is 0 Å². The molecule has 0 aliphatic heterocycles. The highest BCUT2D eigenvalue weighted by Gasteiger charge is 2.27. The SMILES string of the molecule is Cc1cc(C)c(S(=O)(=O)/N=C2\C=C(Nc3ccc(O)cc3)C(=O)c3ccccc32)c(C)c1. The van der Waals surface area contributed by atoms with Gasteiger partial charge in [-0.15, -0.1) is 0 Å². The summed E-state index contributed by atoms with van der Waals surface area (Å²) in [5.41, 5.74) is 4.00. The molecule has 0 amide bonds. The van der Waals surface area contributed by atoms with Gasteiger partial charge in [0.25, 0.3) is 10.0 Å². The lowest BCUT2D eigenvalue weighted by Crippen LogP contribution is -2.22. The number of phenolic OH excluding ortho intramolecular Hbond substituents is 1. The number of aromatic hydroxyl groups is 1. The van der Waals surface area contributed by atoms with E-state index in [9.17, 15) is 18.3 Å². The molecule has 7 heteroatoms. The molecule has 0 bridgehead atoms. The van der Waals surface area contributed by atoms with Crippen molar-refractivity contribution >= 4 is 27.2 Å². The molecule has 3 aromatic rings. The standard InChI is InChI=1S/C25H22N2O4S/c1-15-12-16(2)25(17(3)13-15)32(30,31)27-22-14-23(26-18-8-10-19(28)11-9-18)24(29)21-7-5-4-6-20(21)22/h4-14,26,28H,1-3H3/b27-22+. The van der Waals surface area contributed by atoms with Gasteiger partial charge in [0.05, 0.1) is 16.3 Å². The Morgan fingerprint density at radius 3 is 2.09 bits per heavy atom. The minimum Gasteiger partial charge on any atom is -0.508 e. The Bertz CT molecular complexity index is 1380. The van der Waals surface area contributed by atoms with Crippen molar-refractivity contribution in [2.24, 2.45) is 4.40 Å². The maximum atomic E-state index is 13.3. The van der Waals surface area contributed by atoms with Crippen molar-refractivity contribution < 1.29 is 18.3 Å². The molecule has 4 rings (SSSR count). The van der Waals surface area contributed by atoms with Crippen LogP contribution in [0.3, 0.4) is 0 Å². The third kappa shape index (κ3) is 4.07. The first-order valence-corrected chi connectivity index (χ1v) is 11.4. The second-order valence-corrected chi connectivity index (χ2v) is 9.32. The van der Waals surface area contributed by atoms with E-state index in [-0.39, 0.29) is 27.8 Å². The normalized spacial score (nSPS) is 14.8. The summed E-state index contributed by atoms with van der Waals surface area (Å²) in [6.45, 7) is 5.41. The van der Waals surface area contributed by atoms with Crippen LogP contribution in [0, 0.1) is 20.8 Å². The largest absolute Gasteiger partial charge is 0.508 e. The Hall–Kier alpha value is -3.71. The number of sulfonamides is 1. The van der Waals surface area contributed by atoms with Gasteiger partial charge in [0.2, 0.25) is 5.78 Å². The summed E-state index contributed by atoms with van der Waals surface area (Å²) in [7, 11) is -4.03. The number of nitrogens with one attached hydrogen (secondary N) is 1. The molecule has 3 aromatic carbocycles. The second kappa shape index (κ2) is 8.09. The zero-order valence-corrected chi connectivity index (χ0v) is 18.7. The molecule has 0 saturated heterocycles. The van der Waals surface area contributed by atoms with Crippen LogP contribution in [-0.2, 0) is 10.0 Å². The molecule has 0 spiro atoms. The van der Waals surface area contributed by atoms with E-state index in [2.05, 4.69) is 9.71 Å². The first kappa shape index (κ1) is 21.5. The Balaban J connectivity index is 1.85. The Morgan fingerprint density at radius 2 is 1.47 bits per heavy atom. The molecule has 2 N–H and O–H groups in total. The van der Waals surface area contributed by atoms with Crippen molar-refractivity contribution in [1.29, 1.82) is 0 Å². The summed E-state index contributed by atoms with van der Waals surface area (Å²) in [5, 5.41) is 12.5. The van der Waals surface area contributed by atoms with Crippen molar-refractivity contribution in [3.63, 3.8) is 0 Å². The number of anilines is 1. The number of carbonyl (C=O) groups is 1. The number of rotatable bonds is 4. The van der Waals surface area contributed by atoms with Crippen LogP contribution >= 0.6 is 0 Å². The number of hydrogen-bond acceptors (Lipinski definition) is 5. The predicted octanol–water partition coefficient (Wildman–Crippen LogP) is 4.69. The molecule has 0 heterocycles. The van der Waals surface area contributed by atoms with Gasteiger partial charge < -0.3 is 10.4 Å². The van der Waals surface area contributed by atoms with E-state index in [1.807, 2.05) is 19.1 Å². The van der Waals surface area contributed by atoms with Gasteiger partial charge in [-0.2, -0.15) is 12.8 Å². The van der Waals surface area contributed by atoms with Gasteiger partial charge in [0, 0.05) is 16.8 Å². The Morgan fingerprint density at radius 1 is 0.875 bits per heavy atom. The lowest BCUT2D eigenvalue weighted by atomic mass is 9.92. The molecule has 0 aromatic heterocycles. The highest BCUT2D eigenvalue weighted by atomic mass is 32.2. The number of ketones is 1. The van der Waals surface area contributed by atoms with Crippen LogP contribution in [0.25, 0.3) is 0 Å². The summed E-state index contributed by atoms with van der Waals surface area (Å²) in [5.74, 6) is -0.172. The smallest absolute Gasteiger partial charge is 0.283 e. The molecule has 162 valence electrons. The summed E-state index contributed by atoms with van der Waals surface area (Å²) in [6.07, 6.45) is 1.45. The molecule has 0 unspecified atom stereocenters. The van der Waals surface area contributed by atoms with E-state index in [0.29, 0.717) is 27.9 Å². The molecule has 1 aliphatic rings. The molecule has 0 fully saturated rings. The van der Waals surface area contributed by atoms with Crippen LogP contribution in [0.2, 0.25) is 0 Å². The lowest BCUT2D eigenvalue weighted by Gasteiger charge is -2.19. The summed E-state index contributed by atoms with van der Waals surface area (Å²) >= 11 is 0. The molecule has 0 atom stereocenters. The van der Waals surface area contributed by atoms with Crippen molar-refractivity contribution in [2.45, 2.75) is 25.7 Å². The monoisotopic (exact) mass is 446 g/mol. The van der Waals surface area contributed by atoms with Gasteiger partial charge in [-0.3, -0.25) is 4.79 Å². The van der Waals surface area contributed by atoms with Crippen LogP contribution in [0.5, 0.6) is 5.75 Å². The average molecular weight is 447 g/mol. The zero-order chi connectivity index (χ0) is 23.0. The van der Waals surface area contributed by atoms with Gasteiger partial charge in [-0.1, -0.05) is 42.0 Å². The number of hydrogen-bond donors (Lipinski definition) is 2. The lowest BCUT2D eigenvalue weighted by molar-refractivity contribution is 0.103. The summed E-state index contributed by atoms with van der Waals surface area (Å²) in [4.78, 5) is 13.2. The van der Waals surface area contributed by atoms with Crippen LogP contribution in [-0.4, -0.2) is 25.0 Å². The van der Waals surface area contributed by atoms with Crippen LogP contribution in [0.1, 0.15) is 32.6 Å². The number of phenols is 1. The van der Waals surface area contributed by atoms with Crippen LogP contribution in [0.4, 0.5) is 5.69 Å². The minimum atomic E-state index is -4.03. The maximum absolute atomic E-state index is 13.3. The molecule has 32 heavy (non-hydrogen) atoms. The molecular weight excluding hydrogens is 424 g/mol. The van der Waals surface area contributed by atoms with Crippen molar-refractivity contribution in [3.05, 3.63) is 100 Å². The molecule has 1 aliphatic carbocycles. The van der Waals surface area contributed by atoms with Crippen molar-refractivity contribution in [2.75, 3.05) is 5.32 Å². The minimum absolute atomic E-state index is 0.0991. The second-order valence-electron chi connectivity index (χ2n) is 7.78. The maximum Gasteiger partial charge on any atom is 0.283 e. The van der Waals surface area contributed by atoms with E-state index in [1.54, 1.807) is 50.2 Å². The molecular formula is C25H22N2O4S. The van der Waals surface area contributed by atoms with Gasteiger partial charge in [-0.25, -0.2) is 0 Å². The zero-order valence-electron chi connectivity index (χ0n) is 17.9. The van der Waals surface area contributed by atoms with Gasteiger partial charge in [0.1, 0.15) is 5.75 Å². The van der Waals surface area contributed by atoms with E-state index in [1.165, 1.54) is 18.2 Å². The predicted molar refractivity (Wildman–Crippen MR) is 125 cm³/mol. The number of fused-ring (bicyclic) bond motifs is 1. The number of carbonyl (C=O) groups excluding carboxylic acids is 1. The topological polar surface area (TPSA) is 95.8 Å². The third-order valence-electron chi connectivity index (χ3n) is 5.20. The van der Waals surface area contributed by atoms with Crippen LogP contribution in [0.15, 0.2) is 81.7 Å². The molecule has 0 saturated carbocycles. The van der Waals surface area contributed by atoms with Gasteiger partial charge in [0.15, 0.2) is 0 Å². The fraction of sp³-hybridized carbons (Fsp3) is 0.120. The number of nitrogens with zero attached hydrogens (tertiary/aromatic N) is 1. The number of allylic oxidation sites excluding steroid dienone is 2. The fourth-order valence-electron chi connectivity index (χ4n) is 3.95. The molecule has 0 radical (unpaired) electrons. The first-order chi connectivity index (χ1) is 15.2. The van der Waals surface area contributed by atoms with Crippen LogP contribution < -0.4 is 5.32 Å². The van der Waals surface area contributed by atoms with E-state index < -0.39 is 10.0 Å². The van der Waals surface area contributed by atoms with Crippen molar-refractivity contribution in [1.82, 2.24) is 0 Å². The Kier molecular flexibility index (Phi) is 5.44. The Labute approximate surface area is 187 Å². The van der Waals surface area contributed by atoms with E-state index >= 15 is 0 Å². The number of Topliss-reactive ketones (excluding diaryl/α,β-unsaturated/α-hetero) is 1.